The minimum atomic E-state index is -3.42. The van der Waals surface area contributed by atoms with E-state index in [1.807, 2.05) is 0 Å². The molecule has 0 bridgehead atoms. The molecule has 0 saturated heterocycles. The Labute approximate surface area is 94.1 Å². The maximum atomic E-state index is 11.9. The third-order valence-corrected chi connectivity index (χ3v) is 4.09. The van der Waals surface area contributed by atoms with Crippen molar-refractivity contribution in [2.45, 2.75) is 11.3 Å². The van der Waals surface area contributed by atoms with Crippen LogP contribution in [-0.4, -0.2) is 27.2 Å². The van der Waals surface area contributed by atoms with Crippen LogP contribution in [0.1, 0.15) is 12.0 Å². The Balaban J connectivity index is 2.66. The van der Waals surface area contributed by atoms with Crippen molar-refractivity contribution >= 4 is 15.4 Å². The molecule has 1 N–H and O–H groups in total. The van der Waals surface area contributed by atoms with Gasteiger partial charge in [0.15, 0.2) is 0 Å². The van der Waals surface area contributed by atoms with Crippen LogP contribution in [0.25, 0.3) is 5.57 Å². The first-order chi connectivity index (χ1) is 7.60. The Bertz CT molecular complexity index is 543. The fraction of sp³-hybridized carbons (Fsp3) is 0.273. The van der Waals surface area contributed by atoms with Crippen LogP contribution in [0.15, 0.2) is 28.5 Å². The molecule has 2 rings (SSSR count). The van der Waals surface area contributed by atoms with Crippen LogP contribution in [0.3, 0.4) is 0 Å². The van der Waals surface area contributed by atoms with Gasteiger partial charge in [-0.15, -0.1) is 0 Å². The molecular formula is C11H12O4S. The molecule has 0 spiro atoms. The summed E-state index contributed by atoms with van der Waals surface area (Å²) >= 11 is 0. The van der Waals surface area contributed by atoms with Crippen LogP contribution >= 0.6 is 0 Å². The number of fused-ring (bicyclic) bond motifs is 1. The molecule has 0 radical (unpaired) electrons. The third kappa shape index (κ3) is 1.62. The van der Waals surface area contributed by atoms with Gasteiger partial charge in [-0.05, 0) is 18.1 Å². The van der Waals surface area contributed by atoms with E-state index in [0.29, 0.717) is 23.3 Å². The maximum absolute atomic E-state index is 11.9. The van der Waals surface area contributed by atoms with Crippen molar-refractivity contribution < 1.29 is 18.3 Å². The van der Waals surface area contributed by atoms with Gasteiger partial charge in [0.05, 0.1) is 7.11 Å². The molecule has 0 fully saturated rings. The van der Waals surface area contributed by atoms with E-state index in [9.17, 15) is 8.42 Å². The minimum absolute atomic E-state index is 0.0714. The molecule has 1 aliphatic rings. The van der Waals surface area contributed by atoms with Gasteiger partial charge in [0.2, 0.25) is 9.84 Å². The van der Waals surface area contributed by atoms with Crippen LogP contribution in [0.5, 0.6) is 5.75 Å². The number of hydrogen-bond donors (Lipinski definition) is 1. The number of aliphatic hydroxyl groups excluding tert-OH is 1. The lowest BCUT2D eigenvalue weighted by molar-refractivity contribution is 0.305. The van der Waals surface area contributed by atoms with E-state index in [0.717, 1.165) is 0 Å². The number of rotatable bonds is 3. The molecular weight excluding hydrogens is 228 g/mol. The lowest BCUT2D eigenvalue weighted by atomic mass is 10.1. The van der Waals surface area contributed by atoms with Gasteiger partial charge < -0.3 is 9.84 Å². The largest absolute Gasteiger partial charge is 0.495 e. The molecule has 1 aromatic rings. The van der Waals surface area contributed by atoms with Crippen molar-refractivity contribution in [1.82, 2.24) is 0 Å². The Morgan fingerprint density at radius 3 is 2.75 bits per heavy atom. The van der Waals surface area contributed by atoms with Gasteiger partial charge in [-0.25, -0.2) is 8.42 Å². The zero-order chi connectivity index (χ0) is 11.8. The summed E-state index contributed by atoms with van der Waals surface area (Å²) in [7, 11) is -1.98. The molecule has 1 aromatic carbocycles. The predicted molar refractivity (Wildman–Crippen MR) is 59.9 cm³/mol. The highest BCUT2D eigenvalue weighted by Gasteiger charge is 2.29. The first-order valence-electron chi connectivity index (χ1n) is 4.84. The third-order valence-electron chi connectivity index (χ3n) is 2.51. The normalized spacial score (nSPS) is 16.8. The summed E-state index contributed by atoms with van der Waals surface area (Å²) in [6, 6.07) is 5.08. The molecule has 0 amide bonds. The Morgan fingerprint density at radius 2 is 2.12 bits per heavy atom. The van der Waals surface area contributed by atoms with Crippen LogP contribution in [0.4, 0.5) is 0 Å². The highest BCUT2D eigenvalue weighted by Crippen LogP contribution is 2.40. The monoisotopic (exact) mass is 240 g/mol. The van der Waals surface area contributed by atoms with E-state index in [1.54, 1.807) is 18.2 Å². The van der Waals surface area contributed by atoms with Crippen LogP contribution < -0.4 is 4.74 Å². The molecule has 0 unspecified atom stereocenters. The smallest absolute Gasteiger partial charge is 0.204 e. The number of aliphatic hydroxyl groups is 1. The number of methoxy groups -OCH3 is 1. The summed E-state index contributed by atoms with van der Waals surface area (Å²) in [5.41, 5.74) is 1.27. The summed E-state index contributed by atoms with van der Waals surface area (Å²) < 4.78 is 28.8. The van der Waals surface area contributed by atoms with E-state index in [-0.39, 0.29) is 11.5 Å². The van der Waals surface area contributed by atoms with E-state index in [4.69, 9.17) is 9.84 Å². The molecule has 86 valence electrons. The summed E-state index contributed by atoms with van der Waals surface area (Å²) in [6.45, 7) is -0.0714. The van der Waals surface area contributed by atoms with Crippen molar-refractivity contribution in [3.05, 3.63) is 29.2 Å². The maximum Gasteiger partial charge on any atom is 0.204 e. The molecule has 5 heteroatoms. The standard InChI is InChI=1S/C11H12O4S/c1-15-10-4-2-3-9-8(5-6-12)7-16(13,14)11(9)10/h2-4,7,12H,5-6H2,1H3. The second-order valence-electron chi connectivity index (χ2n) is 3.50. The van der Waals surface area contributed by atoms with Crippen molar-refractivity contribution in [3.8, 4) is 5.75 Å². The van der Waals surface area contributed by atoms with Crippen molar-refractivity contribution in [2.75, 3.05) is 13.7 Å². The highest BCUT2D eigenvalue weighted by molar-refractivity contribution is 7.95. The number of sulfone groups is 1. The lowest BCUT2D eigenvalue weighted by Gasteiger charge is -2.07. The Kier molecular flexibility index (Phi) is 2.73. The quantitative estimate of drug-likeness (QED) is 0.862. The van der Waals surface area contributed by atoms with E-state index in [1.165, 1.54) is 12.5 Å². The summed E-state index contributed by atoms with van der Waals surface area (Å²) in [6.07, 6.45) is 0.333. The van der Waals surface area contributed by atoms with Crippen molar-refractivity contribution in [2.24, 2.45) is 0 Å². The Morgan fingerprint density at radius 1 is 1.38 bits per heavy atom. The predicted octanol–water partition coefficient (Wildman–Crippen LogP) is 1.21. The summed E-state index contributed by atoms with van der Waals surface area (Å²) in [5.74, 6) is 0.349. The lowest BCUT2D eigenvalue weighted by Crippen LogP contribution is -1.97. The molecule has 4 nitrogen and oxygen atoms in total. The van der Waals surface area contributed by atoms with Crippen molar-refractivity contribution in [1.29, 1.82) is 0 Å². The molecule has 16 heavy (non-hydrogen) atoms. The van der Waals surface area contributed by atoms with Gasteiger partial charge in [-0.3, -0.25) is 0 Å². The molecule has 0 aliphatic carbocycles. The van der Waals surface area contributed by atoms with E-state index >= 15 is 0 Å². The summed E-state index contributed by atoms with van der Waals surface area (Å²) in [4.78, 5) is 0.209. The van der Waals surface area contributed by atoms with Gasteiger partial charge in [-0.1, -0.05) is 12.1 Å². The van der Waals surface area contributed by atoms with E-state index in [2.05, 4.69) is 0 Å². The second kappa shape index (κ2) is 3.92. The summed E-state index contributed by atoms with van der Waals surface area (Å²) in [5, 5.41) is 10.1. The molecule has 0 atom stereocenters. The molecule has 1 heterocycles. The van der Waals surface area contributed by atoms with Crippen molar-refractivity contribution in [3.63, 3.8) is 0 Å². The second-order valence-corrected chi connectivity index (χ2v) is 5.23. The topological polar surface area (TPSA) is 63.6 Å². The first kappa shape index (κ1) is 11.2. The van der Waals surface area contributed by atoms with Crippen LogP contribution in [0.2, 0.25) is 0 Å². The first-order valence-corrected chi connectivity index (χ1v) is 6.38. The van der Waals surface area contributed by atoms with E-state index < -0.39 is 9.84 Å². The van der Waals surface area contributed by atoms with Crippen LogP contribution in [-0.2, 0) is 9.84 Å². The van der Waals surface area contributed by atoms with Gasteiger partial charge in [0, 0.05) is 17.6 Å². The fourth-order valence-electron chi connectivity index (χ4n) is 1.85. The molecule has 0 aromatic heterocycles. The van der Waals surface area contributed by atoms with Gasteiger partial charge in [0.1, 0.15) is 10.6 Å². The average molecular weight is 240 g/mol. The number of benzene rings is 1. The highest BCUT2D eigenvalue weighted by atomic mass is 32.2. The Hall–Kier alpha value is -1.33. The molecule has 1 aliphatic heterocycles. The zero-order valence-corrected chi connectivity index (χ0v) is 9.62. The SMILES string of the molecule is COc1cccc2c1S(=O)(=O)C=C2CCO. The zero-order valence-electron chi connectivity index (χ0n) is 8.80. The number of hydrogen-bond acceptors (Lipinski definition) is 4. The fourth-order valence-corrected chi connectivity index (χ4v) is 3.52. The van der Waals surface area contributed by atoms with Gasteiger partial charge in [-0.2, -0.15) is 0 Å². The van der Waals surface area contributed by atoms with Gasteiger partial charge >= 0.3 is 0 Å². The number of ether oxygens (including phenoxy) is 1. The average Bonchev–Trinajstić information content (AvgIpc) is 2.52. The van der Waals surface area contributed by atoms with Crippen LogP contribution in [0, 0.1) is 0 Å². The minimum Gasteiger partial charge on any atom is -0.495 e. The molecule has 0 saturated carbocycles. The van der Waals surface area contributed by atoms with Gasteiger partial charge in [0.25, 0.3) is 0 Å².